The number of rotatable bonds is 4. The van der Waals surface area contributed by atoms with Crippen LogP contribution in [0.3, 0.4) is 0 Å². The van der Waals surface area contributed by atoms with Crippen LogP contribution in [0.1, 0.15) is 12.8 Å². The van der Waals surface area contributed by atoms with Gasteiger partial charge in [0.15, 0.2) is 0 Å². The zero-order valence-corrected chi connectivity index (χ0v) is 12.1. The highest BCUT2D eigenvalue weighted by atomic mass is 35.5. The van der Waals surface area contributed by atoms with Crippen molar-refractivity contribution in [1.29, 1.82) is 0 Å². The van der Waals surface area contributed by atoms with Gasteiger partial charge in [-0.05, 0) is 19.4 Å². The maximum atomic E-state index is 11.0. The Morgan fingerprint density at radius 1 is 1.57 bits per heavy atom. The molecule has 2 atom stereocenters. The highest BCUT2D eigenvalue weighted by molar-refractivity contribution is 6.31. The molecule has 1 aromatic heterocycles. The maximum Gasteiger partial charge on any atom is 0.348 e. The number of anilines is 1. The van der Waals surface area contributed by atoms with Crippen molar-refractivity contribution in [2.75, 3.05) is 31.6 Å². The van der Waals surface area contributed by atoms with Crippen LogP contribution in [0.4, 0.5) is 11.5 Å². The minimum atomic E-state index is -0.580. The van der Waals surface area contributed by atoms with Gasteiger partial charge in [0.1, 0.15) is 6.33 Å². The lowest BCUT2D eigenvalue weighted by Gasteiger charge is -2.35. The van der Waals surface area contributed by atoms with E-state index in [2.05, 4.69) is 20.2 Å². The molecule has 0 saturated carbocycles. The molecule has 1 aromatic rings. The van der Waals surface area contributed by atoms with Gasteiger partial charge in [0.25, 0.3) is 0 Å². The topological polar surface area (TPSA) is 93.4 Å². The standard InChI is InChI=1S/C12H16ClN5O3/c13-11-10(18(19)20)12(16-7-15-11)14-4-9-5-17-3-1-2-8(17)6-21-9/h7-9H,1-6H2,(H,14,15,16). The number of hydrogen-bond donors (Lipinski definition) is 1. The molecule has 0 amide bonds. The summed E-state index contributed by atoms with van der Waals surface area (Å²) in [6, 6.07) is 0.532. The van der Waals surface area contributed by atoms with Gasteiger partial charge in [-0.2, -0.15) is 0 Å². The largest absolute Gasteiger partial charge is 0.373 e. The highest BCUT2D eigenvalue weighted by Crippen LogP contribution is 2.28. The molecule has 1 N–H and O–H groups in total. The molecule has 2 saturated heterocycles. The third-order valence-electron chi connectivity index (χ3n) is 3.92. The van der Waals surface area contributed by atoms with Crippen molar-refractivity contribution in [3.8, 4) is 0 Å². The molecule has 2 unspecified atom stereocenters. The van der Waals surface area contributed by atoms with Gasteiger partial charge in [-0.15, -0.1) is 0 Å². The van der Waals surface area contributed by atoms with E-state index in [0.717, 1.165) is 19.7 Å². The lowest BCUT2D eigenvalue weighted by Crippen LogP contribution is -2.48. The third-order valence-corrected chi connectivity index (χ3v) is 4.20. The van der Waals surface area contributed by atoms with Crippen LogP contribution in [-0.4, -0.2) is 58.2 Å². The summed E-state index contributed by atoms with van der Waals surface area (Å²) >= 11 is 5.75. The van der Waals surface area contributed by atoms with E-state index in [-0.39, 0.29) is 22.8 Å². The number of nitrogens with zero attached hydrogens (tertiary/aromatic N) is 4. The molecule has 114 valence electrons. The fraction of sp³-hybridized carbons (Fsp3) is 0.667. The van der Waals surface area contributed by atoms with E-state index < -0.39 is 4.92 Å². The van der Waals surface area contributed by atoms with Crippen LogP contribution in [0.5, 0.6) is 0 Å². The third kappa shape index (κ3) is 3.07. The number of nitrogens with one attached hydrogen (secondary N) is 1. The van der Waals surface area contributed by atoms with Crippen LogP contribution in [-0.2, 0) is 4.74 Å². The molecule has 0 bridgehead atoms. The van der Waals surface area contributed by atoms with Crippen LogP contribution >= 0.6 is 11.6 Å². The van der Waals surface area contributed by atoms with Crippen LogP contribution in [0.2, 0.25) is 5.15 Å². The summed E-state index contributed by atoms with van der Waals surface area (Å²) in [6.07, 6.45) is 3.59. The fourth-order valence-corrected chi connectivity index (χ4v) is 3.07. The first-order valence-corrected chi connectivity index (χ1v) is 7.27. The number of hydrogen-bond acceptors (Lipinski definition) is 7. The Morgan fingerprint density at radius 3 is 3.24 bits per heavy atom. The average Bonchev–Trinajstić information content (AvgIpc) is 2.92. The molecular formula is C12H16ClN5O3. The minimum Gasteiger partial charge on any atom is -0.373 e. The van der Waals surface area contributed by atoms with Crippen LogP contribution < -0.4 is 5.32 Å². The van der Waals surface area contributed by atoms with Crippen molar-refractivity contribution in [1.82, 2.24) is 14.9 Å². The van der Waals surface area contributed by atoms with Crippen LogP contribution in [0, 0.1) is 10.1 Å². The molecule has 3 heterocycles. The van der Waals surface area contributed by atoms with E-state index in [9.17, 15) is 10.1 Å². The van der Waals surface area contributed by atoms with Gasteiger partial charge >= 0.3 is 5.69 Å². The summed E-state index contributed by atoms with van der Waals surface area (Å²) in [5.74, 6) is 0.132. The van der Waals surface area contributed by atoms with Crippen molar-refractivity contribution in [2.45, 2.75) is 25.0 Å². The molecule has 0 aliphatic carbocycles. The summed E-state index contributed by atoms with van der Waals surface area (Å²) in [4.78, 5) is 20.4. The normalized spacial score (nSPS) is 25.6. The first kappa shape index (κ1) is 14.4. The van der Waals surface area contributed by atoms with Gasteiger partial charge in [-0.25, -0.2) is 9.97 Å². The van der Waals surface area contributed by atoms with E-state index in [4.69, 9.17) is 16.3 Å². The molecule has 8 nitrogen and oxygen atoms in total. The SMILES string of the molecule is O=[N+]([O-])c1c(Cl)ncnc1NCC1CN2CCCC2CO1. The lowest BCUT2D eigenvalue weighted by molar-refractivity contribution is -0.384. The van der Waals surface area contributed by atoms with Crippen molar-refractivity contribution in [3.63, 3.8) is 0 Å². The molecule has 21 heavy (non-hydrogen) atoms. The fourth-order valence-electron chi connectivity index (χ4n) is 2.87. The van der Waals surface area contributed by atoms with E-state index in [1.165, 1.54) is 19.2 Å². The summed E-state index contributed by atoms with van der Waals surface area (Å²) in [5, 5.41) is 13.8. The van der Waals surface area contributed by atoms with Crippen molar-refractivity contribution >= 4 is 23.1 Å². The average molecular weight is 314 g/mol. The molecule has 2 aliphatic rings. The van der Waals surface area contributed by atoms with Crippen molar-refractivity contribution in [3.05, 3.63) is 21.6 Å². The Morgan fingerprint density at radius 2 is 2.43 bits per heavy atom. The van der Waals surface area contributed by atoms with Gasteiger partial charge < -0.3 is 10.1 Å². The Hall–Kier alpha value is -1.51. The Labute approximate surface area is 126 Å². The van der Waals surface area contributed by atoms with Gasteiger partial charge in [-0.1, -0.05) is 11.6 Å². The highest BCUT2D eigenvalue weighted by Gasteiger charge is 2.32. The summed E-state index contributed by atoms with van der Waals surface area (Å²) in [5.41, 5.74) is -0.297. The Balaban J connectivity index is 1.63. The van der Waals surface area contributed by atoms with Crippen LogP contribution in [0.15, 0.2) is 6.33 Å². The first-order chi connectivity index (χ1) is 10.1. The zero-order chi connectivity index (χ0) is 14.8. The Bertz CT molecular complexity index is 544. The smallest absolute Gasteiger partial charge is 0.348 e. The lowest BCUT2D eigenvalue weighted by atomic mass is 10.2. The molecular weight excluding hydrogens is 298 g/mol. The predicted octanol–water partition coefficient (Wildman–Crippen LogP) is 1.31. The second kappa shape index (κ2) is 6.08. The molecule has 0 spiro atoms. The molecule has 2 fully saturated rings. The first-order valence-electron chi connectivity index (χ1n) is 6.89. The zero-order valence-electron chi connectivity index (χ0n) is 11.4. The van der Waals surface area contributed by atoms with Crippen molar-refractivity contribution < 1.29 is 9.66 Å². The molecule has 2 aliphatic heterocycles. The summed E-state index contributed by atoms with van der Waals surface area (Å²) < 4.78 is 5.79. The van der Waals surface area contributed by atoms with E-state index in [1.54, 1.807) is 0 Å². The van der Waals surface area contributed by atoms with Crippen LogP contribution in [0.25, 0.3) is 0 Å². The van der Waals surface area contributed by atoms with Gasteiger partial charge in [0.05, 0.1) is 17.6 Å². The van der Waals surface area contributed by atoms with Crippen molar-refractivity contribution in [2.24, 2.45) is 0 Å². The number of halogens is 1. The van der Waals surface area contributed by atoms with E-state index in [1.807, 2.05) is 0 Å². The number of fused-ring (bicyclic) bond motifs is 1. The number of morpholine rings is 1. The Kier molecular flexibility index (Phi) is 4.18. The predicted molar refractivity (Wildman–Crippen MR) is 76.5 cm³/mol. The second-order valence-corrected chi connectivity index (χ2v) is 5.60. The number of aromatic nitrogens is 2. The van der Waals surface area contributed by atoms with E-state index in [0.29, 0.717) is 12.6 Å². The molecule has 3 rings (SSSR count). The quantitative estimate of drug-likeness (QED) is 0.509. The van der Waals surface area contributed by atoms with Gasteiger partial charge in [0, 0.05) is 19.1 Å². The molecule has 9 heteroatoms. The van der Waals surface area contributed by atoms with E-state index >= 15 is 0 Å². The summed E-state index contributed by atoms with van der Waals surface area (Å²) in [7, 11) is 0. The molecule has 0 aromatic carbocycles. The number of nitro groups is 1. The minimum absolute atomic E-state index is 0.00676. The van der Waals surface area contributed by atoms with Gasteiger partial charge in [-0.3, -0.25) is 15.0 Å². The number of ether oxygens (including phenoxy) is 1. The monoisotopic (exact) mass is 313 g/mol. The summed E-state index contributed by atoms with van der Waals surface area (Å²) in [6.45, 7) is 3.12. The second-order valence-electron chi connectivity index (χ2n) is 5.25. The molecule has 0 radical (unpaired) electrons. The maximum absolute atomic E-state index is 11.0. The van der Waals surface area contributed by atoms with Gasteiger partial charge in [0.2, 0.25) is 11.0 Å².